The van der Waals surface area contributed by atoms with Gasteiger partial charge in [-0.25, -0.2) is 4.98 Å². The molecule has 1 aromatic rings. The van der Waals surface area contributed by atoms with Crippen LogP contribution in [-0.4, -0.2) is 28.8 Å². The zero-order valence-corrected chi connectivity index (χ0v) is 14.3. The Balaban J connectivity index is 2.12. The van der Waals surface area contributed by atoms with Gasteiger partial charge in [-0.2, -0.15) is 0 Å². The maximum Gasteiger partial charge on any atom is 0.174 e. The van der Waals surface area contributed by atoms with Crippen molar-refractivity contribution in [3.63, 3.8) is 0 Å². The van der Waals surface area contributed by atoms with E-state index < -0.39 is 5.66 Å². The number of rotatable bonds is 6. The van der Waals surface area contributed by atoms with Gasteiger partial charge < -0.3 is 5.11 Å². The van der Waals surface area contributed by atoms with Crippen LogP contribution in [0.1, 0.15) is 20.3 Å². The van der Waals surface area contributed by atoms with E-state index in [2.05, 4.69) is 41.8 Å². The summed E-state index contributed by atoms with van der Waals surface area (Å²) in [5.74, 6) is 0.598. The number of hydrogen-bond donors (Lipinski definition) is 3. The number of hydrogen-bond acceptors (Lipinski definition) is 6. The van der Waals surface area contributed by atoms with Crippen LogP contribution in [0.5, 0.6) is 0 Å². The summed E-state index contributed by atoms with van der Waals surface area (Å²) in [5.41, 5.74) is 0.0267. The van der Waals surface area contributed by atoms with Gasteiger partial charge in [0.2, 0.25) is 0 Å². The molecule has 0 atom stereocenters. The highest BCUT2D eigenvalue weighted by molar-refractivity contribution is 9.10. The van der Waals surface area contributed by atoms with Gasteiger partial charge in [0, 0.05) is 17.1 Å². The predicted octanol–water partition coefficient (Wildman–Crippen LogP) is 3.57. The predicted molar refractivity (Wildman–Crippen MR) is 89.9 cm³/mol. The van der Waals surface area contributed by atoms with Crippen molar-refractivity contribution in [3.8, 4) is 0 Å². The molecular weight excluding hydrogens is 346 g/mol. The quantitative estimate of drug-likeness (QED) is 0.531. The third-order valence-electron chi connectivity index (χ3n) is 3.22. The normalized spacial score (nSPS) is 17.4. The van der Waals surface area contributed by atoms with E-state index in [4.69, 9.17) is 0 Å². The smallest absolute Gasteiger partial charge is 0.174 e. The zero-order chi connectivity index (χ0) is 16.0. The van der Waals surface area contributed by atoms with Gasteiger partial charge in [-0.3, -0.25) is 10.6 Å². The molecule has 0 radical (unpaired) electrons. The van der Waals surface area contributed by atoms with Crippen LogP contribution in [0.2, 0.25) is 0 Å². The number of pyridine rings is 1. The Hall–Kier alpha value is -1.57. The maximum atomic E-state index is 10.2. The SMILES string of the molecule is CCNC1(NCC)C=C(O)C(N=Nc2ccc(Br)cn2)=CC1. The van der Waals surface area contributed by atoms with Crippen LogP contribution in [0, 0.1) is 0 Å². The minimum Gasteiger partial charge on any atom is -0.506 e. The van der Waals surface area contributed by atoms with E-state index in [1.807, 2.05) is 26.0 Å². The van der Waals surface area contributed by atoms with Crippen LogP contribution in [0.15, 0.2) is 56.6 Å². The summed E-state index contributed by atoms with van der Waals surface area (Å²) in [6, 6.07) is 3.59. The molecule has 22 heavy (non-hydrogen) atoms. The van der Waals surface area contributed by atoms with Gasteiger partial charge in [0.05, 0.1) is 5.66 Å². The monoisotopic (exact) mass is 365 g/mol. The van der Waals surface area contributed by atoms with Gasteiger partial charge in [0.15, 0.2) is 5.82 Å². The van der Waals surface area contributed by atoms with Crippen molar-refractivity contribution in [3.05, 3.63) is 46.4 Å². The van der Waals surface area contributed by atoms with Crippen molar-refractivity contribution in [2.24, 2.45) is 10.2 Å². The lowest BCUT2D eigenvalue weighted by atomic mass is 9.98. The van der Waals surface area contributed by atoms with Crippen LogP contribution < -0.4 is 10.6 Å². The molecule has 0 amide bonds. The molecule has 1 heterocycles. The number of nitrogens with one attached hydrogen (secondary N) is 2. The molecule has 0 aliphatic heterocycles. The summed E-state index contributed by atoms with van der Waals surface area (Å²) in [6.07, 6.45) is 5.95. The lowest BCUT2D eigenvalue weighted by Crippen LogP contribution is -2.56. The molecule has 2 rings (SSSR count). The van der Waals surface area contributed by atoms with Crippen LogP contribution in [0.3, 0.4) is 0 Å². The molecule has 0 unspecified atom stereocenters. The topological polar surface area (TPSA) is 81.9 Å². The van der Waals surface area contributed by atoms with Gasteiger partial charge in [0.25, 0.3) is 0 Å². The van der Waals surface area contributed by atoms with Gasteiger partial charge in [-0.15, -0.1) is 10.2 Å². The first kappa shape index (κ1) is 16.8. The van der Waals surface area contributed by atoms with Gasteiger partial charge in [-0.1, -0.05) is 13.8 Å². The van der Waals surface area contributed by atoms with Crippen LogP contribution in [0.4, 0.5) is 5.82 Å². The fourth-order valence-corrected chi connectivity index (χ4v) is 2.53. The highest BCUT2D eigenvalue weighted by atomic mass is 79.9. The number of aliphatic hydroxyl groups excluding tert-OH is 1. The molecule has 7 heteroatoms. The van der Waals surface area contributed by atoms with E-state index in [0.717, 1.165) is 17.6 Å². The first-order valence-electron chi connectivity index (χ1n) is 7.24. The van der Waals surface area contributed by atoms with Crippen molar-refractivity contribution in [2.75, 3.05) is 13.1 Å². The van der Waals surface area contributed by atoms with E-state index >= 15 is 0 Å². The molecule has 3 N–H and O–H groups in total. The van der Waals surface area contributed by atoms with Crippen molar-refractivity contribution in [1.29, 1.82) is 0 Å². The number of halogens is 1. The summed E-state index contributed by atoms with van der Waals surface area (Å²) in [7, 11) is 0. The Morgan fingerprint density at radius 2 is 2.00 bits per heavy atom. The van der Waals surface area contributed by atoms with Crippen LogP contribution in [-0.2, 0) is 0 Å². The van der Waals surface area contributed by atoms with E-state index in [-0.39, 0.29) is 5.76 Å². The van der Waals surface area contributed by atoms with E-state index in [9.17, 15) is 5.11 Å². The fourth-order valence-electron chi connectivity index (χ4n) is 2.29. The molecule has 1 aliphatic carbocycles. The minimum atomic E-state index is -0.428. The summed E-state index contributed by atoms with van der Waals surface area (Å²) >= 11 is 3.32. The summed E-state index contributed by atoms with van der Waals surface area (Å²) < 4.78 is 0.882. The Kier molecular flexibility index (Phi) is 5.82. The average Bonchev–Trinajstić information content (AvgIpc) is 2.49. The van der Waals surface area contributed by atoms with Crippen molar-refractivity contribution in [1.82, 2.24) is 15.6 Å². The van der Waals surface area contributed by atoms with E-state index in [1.165, 1.54) is 0 Å². The van der Waals surface area contributed by atoms with Crippen molar-refractivity contribution in [2.45, 2.75) is 25.9 Å². The second-order valence-electron chi connectivity index (χ2n) is 4.89. The van der Waals surface area contributed by atoms with Crippen molar-refractivity contribution >= 4 is 21.7 Å². The minimum absolute atomic E-state index is 0.106. The zero-order valence-electron chi connectivity index (χ0n) is 12.7. The Labute approximate surface area is 138 Å². The molecular formula is C15H20BrN5O. The summed E-state index contributed by atoms with van der Waals surface area (Å²) in [4.78, 5) is 4.11. The van der Waals surface area contributed by atoms with Gasteiger partial charge >= 0.3 is 0 Å². The van der Waals surface area contributed by atoms with Gasteiger partial charge in [-0.05, 0) is 53.3 Å². The van der Waals surface area contributed by atoms with Crippen LogP contribution >= 0.6 is 15.9 Å². The highest BCUT2D eigenvalue weighted by Crippen LogP contribution is 2.25. The first-order chi connectivity index (χ1) is 10.6. The third-order valence-corrected chi connectivity index (χ3v) is 3.69. The number of aliphatic hydroxyl groups is 1. The number of nitrogens with zero attached hydrogens (tertiary/aromatic N) is 3. The summed E-state index contributed by atoms with van der Waals surface area (Å²) in [5, 5.41) is 25.0. The second-order valence-corrected chi connectivity index (χ2v) is 5.81. The number of aromatic nitrogens is 1. The Bertz CT molecular complexity index is 588. The van der Waals surface area contributed by atoms with E-state index in [1.54, 1.807) is 18.3 Å². The maximum absolute atomic E-state index is 10.2. The third kappa shape index (κ3) is 4.22. The fraction of sp³-hybridized carbons (Fsp3) is 0.400. The largest absolute Gasteiger partial charge is 0.506 e. The molecule has 0 fully saturated rings. The van der Waals surface area contributed by atoms with Crippen LogP contribution in [0.25, 0.3) is 0 Å². The van der Waals surface area contributed by atoms with Crippen molar-refractivity contribution < 1.29 is 5.11 Å². The molecule has 0 saturated heterocycles. The molecule has 118 valence electrons. The molecule has 0 spiro atoms. The standard InChI is InChI=1S/C15H20BrN5O/c1-3-18-15(19-4-2)8-7-12(13(22)9-15)20-21-14-6-5-11(16)10-17-14/h5-7,9-10,18-19,22H,3-4,8H2,1-2H3. The lowest BCUT2D eigenvalue weighted by molar-refractivity contribution is 0.311. The molecule has 1 aromatic heterocycles. The molecule has 0 saturated carbocycles. The molecule has 1 aliphatic rings. The number of likely N-dealkylation sites (N-methyl/N-ethyl adjacent to an activating group) is 2. The number of azo groups is 1. The lowest BCUT2D eigenvalue weighted by Gasteiger charge is -2.34. The van der Waals surface area contributed by atoms with Gasteiger partial charge in [0.1, 0.15) is 11.5 Å². The average molecular weight is 366 g/mol. The Morgan fingerprint density at radius 3 is 2.55 bits per heavy atom. The Morgan fingerprint density at radius 1 is 1.27 bits per heavy atom. The first-order valence-corrected chi connectivity index (χ1v) is 8.03. The second kappa shape index (κ2) is 7.62. The highest BCUT2D eigenvalue weighted by Gasteiger charge is 2.29. The van der Waals surface area contributed by atoms with E-state index in [0.29, 0.717) is 17.9 Å². The molecule has 0 aromatic carbocycles. The molecule has 0 bridgehead atoms. The molecule has 6 nitrogen and oxygen atoms in total. The summed E-state index contributed by atoms with van der Waals surface area (Å²) in [6.45, 7) is 5.65.